The number of piperidine rings is 1. The number of carbonyl (C=O) groups excluding carboxylic acids is 5. The quantitative estimate of drug-likeness (QED) is 0.410. The molecule has 5 atom stereocenters. The maximum Gasteiger partial charge on any atom is 0.285 e. The highest BCUT2D eigenvalue weighted by Crippen LogP contribution is 2.65. The Bertz CT molecular complexity index is 950. The number of nitrogens with two attached hydrogens (primary N) is 1. The van der Waals surface area contributed by atoms with Gasteiger partial charge in [-0.2, -0.15) is 0 Å². The van der Waals surface area contributed by atoms with Crippen LogP contribution in [-0.4, -0.2) is 46.7 Å². The van der Waals surface area contributed by atoms with Crippen molar-refractivity contribution >= 4 is 29.2 Å². The zero-order chi connectivity index (χ0) is 28.1. The minimum atomic E-state index is -0.994. The van der Waals surface area contributed by atoms with Crippen molar-refractivity contribution in [2.75, 3.05) is 6.54 Å². The summed E-state index contributed by atoms with van der Waals surface area (Å²) in [6, 6.07) is -0.625. The Balaban J connectivity index is 1.83. The van der Waals surface area contributed by atoms with Crippen LogP contribution >= 0.6 is 0 Å². The smallest absolute Gasteiger partial charge is 0.285 e. The number of amides is 2. The van der Waals surface area contributed by atoms with E-state index in [2.05, 4.69) is 13.8 Å². The molecule has 208 valence electrons. The van der Waals surface area contributed by atoms with E-state index in [0.717, 1.165) is 19.3 Å². The molecule has 1 saturated heterocycles. The maximum absolute atomic E-state index is 14.0. The molecule has 0 aromatic rings. The number of carbonyl (C=O) groups is 5. The van der Waals surface area contributed by atoms with E-state index in [1.165, 1.54) is 0 Å². The first-order valence-electron chi connectivity index (χ1n) is 14.0. The fourth-order valence-corrected chi connectivity index (χ4v) is 6.72. The first-order chi connectivity index (χ1) is 16.8. The number of rotatable bonds is 11. The Morgan fingerprint density at radius 3 is 2.03 bits per heavy atom. The molecule has 2 aliphatic carbocycles. The molecule has 1 heterocycles. The predicted octanol–water partition coefficient (Wildman–Crippen LogP) is 4.35. The molecule has 7 nitrogen and oxygen atoms in total. The number of nitrogens with zero attached hydrogens (tertiary/aromatic N) is 1. The lowest BCUT2D eigenvalue weighted by Gasteiger charge is -2.38. The fourth-order valence-electron chi connectivity index (χ4n) is 6.72. The van der Waals surface area contributed by atoms with Crippen LogP contribution in [0.4, 0.5) is 0 Å². The van der Waals surface area contributed by atoms with Gasteiger partial charge in [0.05, 0.1) is 6.04 Å². The molecule has 3 aliphatic rings. The van der Waals surface area contributed by atoms with E-state index in [4.69, 9.17) is 5.73 Å². The summed E-state index contributed by atoms with van der Waals surface area (Å²) in [5.41, 5.74) is 4.66. The molecule has 7 heteroatoms. The molecule has 0 spiro atoms. The largest absolute Gasteiger partial charge is 0.363 e. The second kappa shape index (κ2) is 10.3. The first kappa shape index (κ1) is 29.5. The zero-order valence-corrected chi connectivity index (χ0v) is 24.2. The van der Waals surface area contributed by atoms with Crippen LogP contribution in [-0.2, 0) is 24.0 Å². The number of fused-ring (bicyclic) bond motifs is 1. The number of Topliss-reactive ketones (excluding diaryl/α,β-unsaturated/α-hetero) is 3. The zero-order valence-electron chi connectivity index (χ0n) is 24.2. The van der Waals surface area contributed by atoms with E-state index in [1.807, 2.05) is 41.5 Å². The molecule has 1 aliphatic heterocycles. The van der Waals surface area contributed by atoms with Crippen LogP contribution in [0.2, 0.25) is 0 Å². The summed E-state index contributed by atoms with van der Waals surface area (Å²) in [6.45, 7) is 16.7. The molecule has 37 heavy (non-hydrogen) atoms. The summed E-state index contributed by atoms with van der Waals surface area (Å²) in [5.74, 6) is -2.58. The Morgan fingerprint density at radius 1 is 0.973 bits per heavy atom. The van der Waals surface area contributed by atoms with Crippen molar-refractivity contribution in [3.05, 3.63) is 0 Å². The first-order valence-corrected chi connectivity index (χ1v) is 14.0. The van der Waals surface area contributed by atoms with Crippen LogP contribution in [0.3, 0.4) is 0 Å². The van der Waals surface area contributed by atoms with Gasteiger partial charge in [0.25, 0.3) is 5.91 Å². The van der Waals surface area contributed by atoms with E-state index in [1.54, 1.807) is 4.90 Å². The van der Waals surface area contributed by atoms with E-state index < -0.39 is 35.0 Å². The topological polar surface area (TPSA) is 115 Å². The summed E-state index contributed by atoms with van der Waals surface area (Å²) in [6.07, 6.45) is 4.08. The highest BCUT2D eigenvalue weighted by Gasteiger charge is 2.69. The molecule has 0 bridgehead atoms. The van der Waals surface area contributed by atoms with E-state index >= 15 is 0 Å². The van der Waals surface area contributed by atoms with Gasteiger partial charge in [0.2, 0.25) is 11.7 Å². The molecule has 0 radical (unpaired) electrons. The minimum Gasteiger partial charge on any atom is -0.363 e. The summed E-state index contributed by atoms with van der Waals surface area (Å²) in [5, 5.41) is 0. The lowest BCUT2D eigenvalue weighted by atomic mass is 9.74. The minimum absolute atomic E-state index is 0.0304. The monoisotopic (exact) mass is 516 g/mol. The molecular formula is C30H48N2O5. The molecule has 3 rings (SSSR count). The van der Waals surface area contributed by atoms with E-state index in [0.29, 0.717) is 25.3 Å². The van der Waals surface area contributed by atoms with E-state index in [-0.39, 0.29) is 53.0 Å². The molecule has 0 aromatic heterocycles. The summed E-state index contributed by atoms with van der Waals surface area (Å²) < 4.78 is 0. The van der Waals surface area contributed by atoms with Crippen LogP contribution in [0.5, 0.6) is 0 Å². The molecule has 2 saturated carbocycles. The van der Waals surface area contributed by atoms with Crippen LogP contribution in [0.1, 0.15) is 100 Å². The number of hydrogen-bond acceptors (Lipinski definition) is 5. The Hall–Kier alpha value is -2.05. The van der Waals surface area contributed by atoms with Crippen molar-refractivity contribution in [1.82, 2.24) is 4.90 Å². The third kappa shape index (κ3) is 6.51. The van der Waals surface area contributed by atoms with Gasteiger partial charge in [0, 0.05) is 37.6 Å². The van der Waals surface area contributed by atoms with Crippen molar-refractivity contribution in [2.24, 2.45) is 51.6 Å². The molecule has 0 aromatic carbocycles. The Kier molecular flexibility index (Phi) is 8.18. The fraction of sp³-hybridized carbons (Fsp3) is 0.833. The molecule has 2 unspecified atom stereocenters. The highest BCUT2D eigenvalue weighted by atomic mass is 16.2. The van der Waals surface area contributed by atoms with Crippen LogP contribution in [0.15, 0.2) is 0 Å². The average molecular weight is 517 g/mol. The highest BCUT2D eigenvalue weighted by molar-refractivity contribution is 6.36. The molecule has 2 amide bonds. The lowest BCUT2D eigenvalue weighted by molar-refractivity contribution is -0.148. The van der Waals surface area contributed by atoms with Gasteiger partial charge in [0.1, 0.15) is 5.78 Å². The Morgan fingerprint density at radius 2 is 1.57 bits per heavy atom. The van der Waals surface area contributed by atoms with Crippen LogP contribution in [0.25, 0.3) is 0 Å². The molecule has 2 N–H and O–H groups in total. The van der Waals surface area contributed by atoms with Gasteiger partial charge in [0.15, 0.2) is 5.78 Å². The van der Waals surface area contributed by atoms with Gasteiger partial charge >= 0.3 is 0 Å². The van der Waals surface area contributed by atoms with Crippen LogP contribution in [0, 0.1) is 45.8 Å². The number of ketones is 3. The predicted molar refractivity (Wildman–Crippen MR) is 142 cm³/mol. The third-order valence-corrected chi connectivity index (χ3v) is 9.23. The van der Waals surface area contributed by atoms with Crippen LogP contribution < -0.4 is 5.73 Å². The summed E-state index contributed by atoms with van der Waals surface area (Å²) >= 11 is 0. The van der Waals surface area contributed by atoms with Gasteiger partial charge in [-0.15, -0.1) is 0 Å². The SMILES string of the molecule is CC(C)(C)CC(=O)C[C@H](C(=O)N1CC2C([C@H]1C(=O)C[C@H](CC1CCC1)C(=O)C(N)=O)C2(C)C)C(C)(C)C. The number of hydrogen-bond donors (Lipinski definition) is 1. The van der Waals surface area contributed by atoms with Gasteiger partial charge < -0.3 is 10.6 Å². The van der Waals surface area contributed by atoms with Crippen molar-refractivity contribution in [3.8, 4) is 0 Å². The average Bonchev–Trinajstić information content (AvgIpc) is 3.06. The number of primary amides is 1. The van der Waals surface area contributed by atoms with Gasteiger partial charge in [-0.3, -0.25) is 24.0 Å². The summed E-state index contributed by atoms with van der Waals surface area (Å²) in [4.78, 5) is 66.9. The third-order valence-electron chi connectivity index (χ3n) is 9.23. The summed E-state index contributed by atoms with van der Waals surface area (Å²) in [7, 11) is 0. The lowest BCUT2D eigenvalue weighted by Crippen LogP contribution is -2.51. The second-order valence-electron chi connectivity index (χ2n) is 14.9. The molecular weight excluding hydrogens is 468 g/mol. The van der Waals surface area contributed by atoms with Gasteiger partial charge in [-0.1, -0.05) is 74.7 Å². The maximum atomic E-state index is 14.0. The van der Waals surface area contributed by atoms with Crippen molar-refractivity contribution in [1.29, 1.82) is 0 Å². The second-order valence-corrected chi connectivity index (χ2v) is 14.9. The van der Waals surface area contributed by atoms with Gasteiger partial charge in [-0.25, -0.2) is 0 Å². The van der Waals surface area contributed by atoms with Crippen molar-refractivity contribution in [3.63, 3.8) is 0 Å². The van der Waals surface area contributed by atoms with Crippen molar-refractivity contribution < 1.29 is 24.0 Å². The normalized spacial score (nSPS) is 26.6. The molecule has 3 fully saturated rings. The van der Waals surface area contributed by atoms with Crippen molar-refractivity contribution in [2.45, 2.75) is 106 Å². The number of likely N-dealkylation sites (tertiary alicyclic amines) is 1. The standard InChI is InChI=1S/C30H48N2O5/c1-28(2,3)15-19(33)14-20(29(4,5)6)27(37)32-16-21-23(30(21,7)8)24(32)22(34)13-18(25(35)26(31)36)12-17-10-9-11-17/h17-18,20-21,23-24H,9-16H2,1-8H3,(H2,31,36)/t18-,20+,21?,23?,24+/m0/s1. The van der Waals surface area contributed by atoms with Gasteiger partial charge in [-0.05, 0) is 40.4 Å². The van der Waals surface area contributed by atoms with E-state index in [9.17, 15) is 24.0 Å². The Labute approximate surface area is 222 Å².